The van der Waals surface area contributed by atoms with Gasteiger partial charge < -0.3 is 10.2 Å². The molecular formula is C21H28N4O3S. The van der Waals surface area contributed by atoms with Crippen LogP contribution in [-0.4, -0.2) is 56.0 Å². The molecule has 1 aromatic carbocycles. The third-order valence-corrected chi connectivity index (χ3v) is 6.94. The van der Waals surface area contributed by atoms with E-state index >= 15 is 0 Å². The first-order valence-electron chi connectivity index (χ1n) is 10.0. The molecule has 1 saturated heterocycles. The first-order chi connectivity index (χ1) is 13.8. The maximum Gasteiger partial charge on any atom is 0.263 e. The zero-order valence-electron chi connectivity index (χ0n) is 17.0. The number of fused-ring (bicyclic) bond motifs is 1. The number of hydrogen-bond acceptors (Lipinski definition) is 5. The van der Waals surface area contributed by atoms with E-state index < -0.39 is 15.9 Å². The van der Waals surface area contributed by atoms with E-state index in [0.717, 1.165) is 18.4 Å². The summed E-state index contributed by atoms with van der Waals surface area (Å²) >= 11 is 0. The van der Waals surface area contributed by atoms with E-state index in [-0.39, 0.29) is 11.6 Å². The molecule has 0 bridgehead atoms. The molecule has 0 radical (unpaired) electrons. The molecule has 1 heterocycles. The van der Waals surface area contributed by atoms with Crippen LogP contribution in [0.1, 0.15) is 42.5 Å². The predicted molar refractivity (Wildman–Crippen MR) is 111 cm³/mol. The standard InChI is InChI=1S/C21H28N4O3S/c1-16(18-8-7-17-5-3-4-6-19(17)13-18)23-21(26)20(14-22)15-24-9-11-25(12-10-24)29(2,27)28/h7-8,13,15-16H,3-6,9-12H2,1-2H3,(H,23,26)/b20-15-. The normalized spacial score (nSPS) is 19.2. The zero-order chi connectivity index (χ0) is 21.0. The number of piperazine rings is 1. The van der Waals surface area contributed by atoms with Gasteiger partial charge in [0, 0.05) is 32.4 Å². The molecule has 2 aliphatic rings. The number of sulfonamides is 1. The second-order valence-corrected chi connectivity index (χ2v) is 9.77. The fourth-order valence-corrected chi connectivity index (χ4v) is 4.69. The second kappa shape index (κ2) is 8.97. The van der Waals surface area contributed by atoms with Crippen molar-refractivity contribution in [1.82, 2.24) is 14.5 Å². The molecule has 156 valence electrons. The van der Waals surface area contributed by atoms with Crippen LogP contribution in [0.4, 0.5) is 0 Å². The third-order valence-electron chi connectivity index (χ3n) is 5.64. The Morgan fingerprint density at radius 3 is 2.45 bits per heavy atom. The topological polar surface area (TPSA) is 93.5 Å². The highest BCUT2D eigenvalue weighted by atomic mass is 32.2. The third kappa shape index (κ3) is 5.37. The van der Waals surface area contributed by atoms with Gasteiger partial charge in [-0.25, -0.2) is 8.42 Å². The lowest BCUT2D eigenvalue weighted by molar-refractivity contribution is -0.117. The number of nitriles is 1. The summed E-state index contributed by atoms with van der Waals surface area (Å²) in [4.78, 5) is 14.4. The molecule has 1 aromatic rings. The minimum absolute atomic E-state index is 0.0302. The van der Waals surface area contributed by atoms with Crippen molar-refractivity contribution in [2.45, 2.75) is 38.6 Å². The number of nitrogens with zero attached hydrogens (tertiary/aromatic N) is 3. The molecule has 1 aliphatic carbocycles. The number of benzene rings is 1. The van der Waals surface area contributed by atoms with Gasteiger partial charge in [0.05, 0.1) is 12.3 Å². The molecule has 0 aromatic heterocycles. The highest BCUT2D eigenvalue weighted by Gasteiger charge is 2.23. The number of hydrogen-bond donors (Lipinski definition) is 1. The smallest absolute Gasteiger partial charge is 0.263 e. The summed E-state index contributed by atoms with van der Waals surface area (Å²) in [6.45, 7) is 3.52. The van der Waals surface area contributed by atoms with E-state index in [9.17, 15) is 18.5 Å². The van der Waals surface area contributed by atoms with E-state index in [1.165, 1.54) is 40.7 Å². The highest BCUT2D eigenvalue weighted by molar-refractivity contribution is 7.88. The molecule has 1 fully saturated rings. The first kappa shape index (κ1) is 21.3. The SMILES string of the molecule is CC(NC(=O)/C(C#N)=C\N1CCN(S(C)(=O)=O)CC1)c1ccc2c(c1)CCCC2. The molecule has 1 unspecified atom stereocenters. The first-order valence-corrected chi connectivity index (χ1v) is 11.9. The van der Waals surface area contributed by atoms with E-state index in [0.29, 0.717) is 26.2 Å². The summed E-state index contributed by atoms with van der Waals surface area (Å²) in [5.74, 6) is -0.414. The Balaban J connectivity index is 1.62. The van der Waals surface area contributed by atoms with Crippen LogP contribution in [0.25, 0.3) is 0 Å². The van der Waals surface area contributed by atoms with Crippen LogP contribution in [0.5, 0.6) is 0 Å². The predicted octanol–water partition coefficient (Wildman–Crippen LogP) is 1.73. The fourth-order valence-electron chi connectivity index (χ4n) is 3.87. The summed E-state index contributed by atoms with van der Waals surface area (Å²) in [6, 6.07) is 8.14. The number of rotatable bonds is 5. The molecule has 29 heavy (non-hydrogen) atoms. The van der Waals surface area contributed by atoms with Crippen LogP contribution in [0.3, 0.4) is 0 Å². The van der Waals surface area contributed by atoms with Crippen LogP contribution in [-0.2, 0) is 27.7 Å². The lowest BCUT2D eigenvalue weighted by Gasteiger charge is -2.32. The van der Waals surface area contributed by atoms with E-state index in [1.807, 2.05) is 17.9 Å². The van der Waals surface area contributed by atoms with Crippen molar-refractivity contribution in [2.75, 3.05) is 32.4 Å². The summed E-state index contributed by atoms with van der Waals surface area (Å²) in [5.41, 5.74) is 3.82. The Labute approximate surface area is 173 Å². The number of carbonyl (C=O) groups is 1. The molecule has 3 rings (SSSR count). The van der Waals surface area contributed by atoms with Gasteiger partial charge in [-0.15, -0.1) is 0 Å². The maximum atomic E-state index is 12.6. The molecule has 1 atom stereocenters. The largest absolute Gasteiger partial charge is 0.373 e. The van der Waals surface area contributed by atoms with Crippen molar-refractivity contribution in [3.8, 4) is 6.07 Å². The summed E-state index contributed by atoms with van der Waals surface area (Å²) in [7, 11) is -3.21. The van der Waals surface area contributed by atoms with Crippen molar-refractivity contribution in [3.05, 3.63) is 46.7 Å². The summed E-state index contributed by atoms with van der Waals surface area (Å²) in [5, 5.41) is 12.4. The quantitative estimate of drug-likeness (QED) is 0.583. The average molecular weight is 417 g/mol. The van der Waals surface area contributed by atoms with Crippen LogP contribution in [0, 0.1) is 11.3 Å². The molecule has 7 nitrogen and oxygen atoms in total. The van der Waals surface area contributed by atoms with E-state index in [1.54, 1.807) is 0 Å². The Hall–Kier alpha value is -2.37. The molecule has 1 amide bonds. The van der Waals surface area contributed by atoms with Gasteiger partial charge in [-0.2, -0.15) is 9.57 Å². The maximum absolute atomic E-state index is 12.6. The lowest BCUT2D eigenvalue weighted by atomic mass is 9.89. The van der Waals surface area contributed by atoms with Crippen molar-refractivity contribution >= 4 is 15.9 Å². The molecule has 0 spiro atoms. The van der Waals surface area contributed by atoms with Crippen LogP contribution < -0.4 is 5.32 Å². The minimum atomic E-state index is -3.21. The Morgan fingerprint density at radius 1 is 1.17 bits per heavy atom. The number of aryl methyl sites for hydroxylation is 2. The zero-order valence-corrected chi connectivity index (χ0v) is 17.8. The Morgan fingerprint density at radius 2 is 1.83 bits per heavy atom. The second-order valence-electron chi connectivity index (χ2n) is 7.78. The van der Waals surface area contributed by atoms with Gasteiger partial charge in [0.15, 0.2) is 0 Å². The average Bonchev–Trinajstić information content (AvgIpc) is 2.71. The minimum Gasteiger partial charge on any atom is -0.373 e. The molecular weight excluding hydrogens is 388 g/mol. The molecule has 1 N–H and O–H groups in total. The number of nitrogens with one attached hydrogen (secondary N) is 1. The Kier molecular flexibility index (Phi) is 6.60. The van der Waals surface area contributed by atoms with Gasteiger partial charge in [-0.1, -0.05) is 18.2 Å². The van der Waals surface area contributed by atoms with Gasteiger partial charge in [0.2, 0.25) is 10.0 Å². The molecule has 0 saturated carbocycles. The number of amides is 1. The Bertz CT molecular complexity index is 941. The summed E-state index contributed by atoms with van der Waals surface area (Å²) in [6.07, 6.45) is 7.35. The van der Waals surface area contributed by atoms with Crippen molar-refractivity contribution in [2.24, 2.45) is 0 Å². The van der Waals surface area contributed by atoms with Gasteiger partial charge in [-0.3, -0.25) is 4.79 Å². The van der Waals surface area contributed by atoms with Crippen LogP contribution in [0.2, 0.25) is 0 Å². The van der Waals surface area contributed by atoms with Gasteiger partial charge in [-0.05, 0) is 49.3 Å². The van der Waals surface area contributed by atoms with Gasteiger partial charge in [0.25, 0.3) is 5.91 Å². The molecule has 8 heteroatoms. The van der Waals surface area contributed by atoms with Gasteiger partial charge in [0.1, 0.15) is 11.6 Å². The monoisotopic (exact) mass is 416 g/mol. The van der Waals surface area contributed by atoms with Crippen molar-refractivity contribution in [1.29, 1.82) is 5.26 Å². The molecule has 1 aliphatic heterocycles. The van der Waals surface area contributed by atoms with Crippen molar-refractivity contribution in [3.63, 3.8) is 0 Å². The van der Waals surface area contributed by atoms with E-state index in [4.69, 9.17) is 0 Å². The van der Waals surface area contributed by atoms with Crippen molar-refractivity contribution < 1.29 is 13.2 Å². The number of carbonyl (C=O) groups excluding carboxylic acids is 1. The highest BCUT2D eigenvalue weighted by Crippen LogP contribution is 2.25. The lowest BCUT2D eigenvalue weighted by Crippen LogP contribution is -2.46. The van der Waals surface area contributed by atoms with Gasteiger partial charge >= 0.3 is 0 Å². The van der Waals surface area contributed by atoms with Crippen LogP contribution in [0.15, 0.2) is 30.0 Å². The van der Waals surface area contributed by atoms with E-state index in [2.05, 4.69) is 23.5 Å². The fraction of sp³-hybridized carbons (Fsp3) is 0.524. The summed E-state index contributed by atoms with van der Waals surface area (Å²) < 4.78 is 24.6. The van der Waals surface area contributed by atoms with Crippen LogP contribution >= 0.6 is 0 Å².